The van der Waals surface area contributed by atoms with E-state index in [9.17, 15) is 4.79 Å². The van der Waals surface area contributed by atoms with Gasteiger partial charge in [-0.1, -0.05) is 13.0 Å². The highest BCUT2D eigenvalue weighted by Gasteiger charge is 2.03. The molecule has 0 aliphatic carbocycles. The van der Waals surface area contributed by atoms with Crippen molar-refractivity contribution < 1.29 is 9.90 Å². The molecule has 0 aliphatic rings. The average molecular weight is 156 g/mol. The Morgan fingerprint density at radius 1 is 1.64 bits per heavy atom. The summed E-state index contributed by atoms with van der Waals surface area (Å²) in [4.78, 5) is 10.2. The molecule has 2 heteroatoms. The SMILES string of the molecule is C=CCCC(C)CCC(=O)O. The van der Waals surface area contributed by atoms with Crippen LogP contribution in [0.2, 0.25) is 0 Å². The van der Waals surface area contributed by atoms with Crippen molar-refractivity contribution in [1.29, 1.82) is 0 Å². The molecule has 0 radical (unpaired) electrons. The van der Waals surface area contributed by atoms with Crippen molar-refractivity contribution >= 4 is 5.97 Å². The number of aliphatic carboxylic acids is 1. The molecule has 64 valence electrons. The molecule has 0 aromatic rings. The lowest BCUT2D eigenvalue weighted by Crippen LogP contribution is -2.00. The summed E-state index contributed by atoms with van der Waals surface area (Å²) in [6, 6.07) is 0. The molecule has 0 bridgehead atoms. The Morgan fingerprint density at radius 3 is 2.73 bits per heavy atom. The van der Waals surface area contributed by atoms with Gasteiger partial charge in [-0.15, -0.1) is 6.58 Å². The van der Waals surface area contributed by atoms with E-state index < -0.39 is 5.97 Å². The van der Waals surface area contributed by atoms with Crippen LogP contribution in [0.25, 0.3) is 0 Å². The molecule has 0 spiro atoms. The Hall–Kier alpha value is -0.790. The topological polar surface area (TPSA) is 37.3 Å². The van der Waals surface area contributed by atoms with Crippen molar-refractivity contribution in [2.75, 3.05) is 0 Å². The first-order valence-electron chi connectivity index (χ1n) is 3.99. The molecule has 0 rings (SSSR count). The largest absolute Gasteiger partial charge is 0.481 e. The fraction of sp³-hybridized carbons (Fsp3) is 0.667. The van der Waals surface area contributed by atoms with Crippen molar-refractivity contribution in [2.24, 2.45) is 5.92 Å². The van der Waals surface area contributed by atoms with Gasteiger partial charge in [-0.25, -0.2) is 0 Å². The van der Waals surface area contributed by atoms with Crippen molar-refractivity contribution in [3.8, 4) is 0 Å². The van der Waals surface area contributed by atoms with Crippen molar-refractivity contribution in [2.45, 2.75) is 32.6 Å². The van der Waals surface area contributed by atoms with Crippen molar-refractivity contribution in [3.05, 3.63) is 12.7 Å². The standard InChI is InChI=1S/C9H16O2/c1-3-4-5-8(2)6-7-9(10)11/h3,8H,1,4-7H2,2H3,(H,10,11). The Balaban J connectivity index is 3.28. The Morgan fingerprint density at radius 2 is 2.27 bits per heavy atom. The van der Waals surface area contributed by atoms with E-state index in [0.717, 1.165) is 19.3 Å². The zero-order valence-electron chi connectivity index (χ0n) is 7.05. The fourth-order valence-corrected chi connectivity index (χ4v) is 0.917. The first kappa shape index (κ1) is 10.2. The minimum absolute atomic E-state index is 0.290. The molecule has 0 fully saturated rings. The third-order valence-electron chi connectivity index (χ3n) is 1.71. The molecule has 1 atom stereocenters. The van der Waals surface area contributed by atoms with Crippen LogP contribution in [0.15, 0.2) is 12.7 Å². The predicted molar refractivity (Wildman–Crippen MR) is 45.5 cm³/mol. The van der Waals surface area contributed by atoms with Crippen LogP contribution >= 0.6 is 0 Å². The number of carbonyl (C=O) groups is 1. The molecule has 0 aromatic heterocycles. The summed E-state index contributed by atoms with van der Waals surface area (Å²) in [6.45, 7) is 5.69. The van der Waals surface area contributed by atoms with E-state index >= 15 is 0 Å². The van der Waals surface area contributed by atoms with Crippen molar-refractivity contribution in [3.63, 3.8) is 0 Å². The minimum Gasteiger partial charge on any atom is -0.481 e. The molecule has 0 saturated carbocycles. The minimum atomic E-state index is -0.699. The lowest BCUT2D eigenvalue weighted by Gasteiger charge is -2.06. The van der Waals surface area contributed by atoms with Crippen molar-refractivity contribution in [1.82, 2.24) is 0 Å². The highest BCUT2D eigenvalue weighted by molar-refractivity contribution is 5.66. The summed E-state index contributed by atoms with van der Waals surface area (Å²) < 4.78 is 0. The van der Waals surface area contributed by atoms with Crippen LogP contribution in [0.5, 0.6) is 0 Å². The summed E-state index contributed by atoms with van der Waals surface area (Å²) in [5, 5.41) is 8.37. The molecule has 1 N–H and O–H groups in total. The number of rotatable bonds is 6. The predicted octanol–water partition coefficient (Wildman–Crippen LogP) is 2.45. The van der Waals surface area contributed by atoms with Gasteiger partial charge in [0.25, 0.3) is 0 Å². The summed E-state index contributed by atoms with van der Waals surface area (Å²) >= 11 is 0. The zero-order chi connectivity index (χ0) is 8.69. The van der Waals surface area contributed by atoms with Gasteiger partial charge in [-0.2, -0.15) is 0 Å². The quantitative estimate of drug-likeness (QED) is 0.600. The van der Waals surface area contributed by atoms with Gasteiger partial charge in [-0.05, 0) is 25.2 Å². The van der Waals surface area contributed by atoms with E-state index in [1.165, 1.54) is 0 Å². The monoisotopic (exact) mass is 156 g/mol. The van der Waals surface area contributed by atoms with Gasteiger partial charge in [0, 0.05) is 6.42 Å². The maximum Gasteiger partial charge on any atom is 0.303 e. The molecule has 11 heavy (non-hydrogen) atoms. The number of carboxylic acids is 1. The van der Waals surface area contributed by atoms with Crippen LogP contribution in [0.3, 0.4) is 0 Å². The fourth-order valence-electron chi connectivity index (χ4n) is 0.917. The van der Waals surface area contributed by atoms with Crippen LogP contribution in [0.1, 0.15) is 32.6 Å². The Bertz CT molecular complexity index is 130. The van der Waals surface area contributed by atoms with Crippen LogP contribution in [-0.2, 0) is 4.79 Å². The van der Waals surface area contributed by atoms with Gasteiger partial charge in [0.1, 0.15) is 0 Å². The summed E-state index contributed by atoms with van der Waals surface area (Å²) in [5.74, 6) is -0.195. The first-order chi connectivity index (χ1) is 5.16. The maximum atomic E-state index is 10.2. The molecule has 0 amide bonds. The second-order valence-electron chi connectivity index (χ2n) is 2.90. The van der Waals surface area contributed by atoms with E-state index in [-0.39, 0.29) is 6.42 Å². The molecule has 0 aromatic carbocycles. The van der Waals surface area contributed by atoms with E-state index in [2.05, 4.69) is 13.5 Å². The van der Waals surface area contributed by atoms with E-state index in [4.69, 9.17) is 5.11 Å². The Kier molecular flexibility index (Phi) is 5.53. The molecule has 1 unspecified atom stereocenters. The summed E-state index contributed by atoms with van der Waals surface area (Å²) in [5.41, 5.74) is 0. The third kappa shape index (κ3) is 7.10. The molecule has 0 saturated heterocycles. The van der Waals surface area contributed by atoms with Crippen LogP contribution < -0.4 is 0 Å². The third-order valence-corrected chi connectivity index (χ3v) is 1.71. The number of carboxylic acid groups (broad SMARTS) is 1. The van der Waals surface area contributed by atoms with Gasteiger partial charge in [-0.3, -0.25) is 4.79 Å². The Labute approximate surface area is 67.9 Å². The van der Waals surface area contributed by atoms with Crippen LogP contribution in [0.4, 0.5) is 0 Å². The van der Waals surface area contributed by atoms with E-state index in [1.807, 2.05) is 6.08 Å². The van der Waals surface area contributed by atoms with Crippen LogP contribution in [-0.4, -0.2) is 11.1 Å². The summed E-state index contributed by atoms with van der Waals surface area (Å²) in [6.07, 6.45) is 4.98. The lowest BCUT2D eigenvalue weighted by molar-refractivity contribution is -0.137. The summed E-state index contributed by atoms with van der Waals surface area (Å²) in [7, 11) is 0. The molecule has 2 nitrogen and oxygen atoms in total. The number of allylic oxidation sites excluding steroid dienone is 1. The van der Waals surface area contributed by atoms with Gasteiger partial charge >= 0.3 is 5.97 Å². The van der Waals surface area contributed by atoms with Gasteiger partial charge in [0.2, 0.25) is 0 Å². The molecular weight excluding hydrogens is 140 g/mol. The molecule has 0 heterocycles. The molecule has 0 aliphatic heterocycles. The number of hydrogen-bond donors (Lipinski definition) is 1. The van der Waals surface area contributed by atoms with Gasteiger partial charge in [0.05, 0.1) is 0 Å². The highest BCUT2D eigenvalue weighted by Crippen LogP contribution is 2.12. The maximum absolute atomic E-state index is 10.2. The lowest BCUT2D eigenvalue weighted by atomic mass is 10.00. The second-order valence-corrected chi connectivity index (χ2v) is 2.90. The second kappa shape index (κ2) is 5.96. The smallest absolute Gasteiger partial charge is 0.303 e. The highest BCUT2D eigenvalue weighted by atomic mass is 16.4. The number of hydrogen-bond acceptors (Lipinski definition) is 1. The normalized spacial score (nSPS) is 12.5. The van der Waals surface area contributed by atoms with E-state index in [0.29, 0.717) is 5.92 Å². The van der Waals surface area contributed by atoms with Gasteiger partial charge in [0.15, 0.2) is 0 Å². The molecular formula is C9H16O2. The zero-order valence-corrected chi connectivity index (χ0v) is 7.05. The van der Waals surface area contributed by atoms with Gasteiger partial charge < -0.3 is 5.11 Å². The van der Waals surface area contributed by atoms with Crippen LogP contribution in [0, 0.1) is 5.92 Å². The van der Waals surface area contributed by atoms with E-state index in [1.54, 1.807) is 0 Å². The average Bonchev–Trinajstić information content (AvgIpc) is 1.97. The first-order valence-corrected chi connectivity index (χ1v) is 3.99.